The van der Waals surface area contributed by atoms with Crippen LogP contribution in [0.15, 0.2) is 60.8 Å². The Labute approximate surface area is 224 Å². The van der Waals surface area contributed by atoms with Gasteiger partial charge in [0.2, 0.25) is 11.9 Å². The fourth-order valence-corrected chi connectivity index (χ4v) is 5.33. The molecule has 1 aliphatic rings. The molecule has 0 bridgehead atoms. The van der Waals surface area contributed by atoms with Crippen LogP contribution in [0.4, 0.5) is 16.4 Å². The molecule has 2 amide bonds. The van der Waals surface area contributed by atoms with Gasteiger partial charge in [0, 0.05) is 23.3 Å². The highest BCUT2D eigenvalue weighted by Crippen LogP contribution is 2.57. The van der Waals surface area contributed by atoms with Crippen LogP contribution in [-0.2, 0) is 11.2 Å². The Balaban J connectivity index is 1.59. The van der Waals surface area contributed by atoms with Crippen molar-refractivity contribution in [2.45, 2.75) is 71.4 Å². The number of carbonyl (C=O) groups excluding carboxylic acids is 1. The Bertz CT molecular complexity index is 1300. The molecule has 1 aliphatic carbocycles. The van der Waals surface area contributed by atoms with Crippen LogP contribution in [0, 0.1) is 12.3 Å². The molecular formula is C30H37N5O3. The third kappa shape index (κ3) is 5.64. The quantitative estimate of drug-likeness (QED) is 0.323. The second-order valence-electron chi connectivity index (χ2n) is 11.3. The lowest BCUT2D eigenvalue weighted by molar-refractivity contribution is -0.124. The molecule has 1 heterocycles. The van der Waals surface area contributed by atoms with Gasteiger partial charge in [-0.15, -0.1) is 0 Å². The van der Waals surface area contributed by atoms with Gasteiger partial charge in [0.1, 0.15) is 0 Å². The van der Waals surface area contributed by atoms with Gasteiger partial charge in [-0.25, -0.2) is 14.8 Å². The van der Waals surface area contributed by atoms with Crippen molar-refractivity contribution in [2.75, 3.05) is 5.32 Å². The van der Waals surface area contributed by atoms with Crippen LogP contribution in [0.25, 0.3) is 0 Å². The Kier molecular flexibility index (Phi) is 7.44. The molecule has 38 heavy (non-hydrogen) atoms. The molecule has 0 aliphatic heterocycles. The van der Waals surface area contributed by atoms with E-state index in [2.05, 4.69) is 22.4 Å². The number of carboxylic acid groups (broad SMARTS) is 1. The van der Waals surface area contributed by atoms with Gasteiger partial charge in [0.05, 0.1) is 17.2 Å². The van der Waals surface area contributed by atoms with Gasteiger partial charge < -0.3 is 16.2 Å². The number of hydrogen-bond donors (Lipinski definition) is 3. The predicted molar refractivity (Wildman–Crippen MR) is 148 cm³/mol. The average Bonchev–Trinajstić information content (AvgIpc) is 3.66. The second-order valence-corrected chi connectivity index (χ2v) is 11.3. The second kappa shape index (κ2) is 10.4. The first-order valence-electron chi connectivity index (χ1n) is 13.0. The molecule has 0 saturated heterocycles. The topological polar surface area (TPSA) is 121 Å². The van der Waals surface area contributed by atoms with Crippen LogP contribution in [0.3, 0.4) is 0 Å². The van der Waals surface area contributed by atoms with E-state index in [1.807, 2.05) is 77.1 Å². The first kappa shape index (κ1) is 27.1. The first-order chi connectivity index (χ1) is 17.9. The summed E-state index contributed by atoms with van der Waals surface area (Å²) in [7, 11) is 0. The standard InChI is InChI=1S/C30H37N5O3/c1-19-18-32-27(33-23-13-11-22(12-14-23)20(2)35(28(37)38)29(3,4)5)34-25(19)24(30(15-16-30)26(31)36)17-21-9-7-6-8-10-21/h6-14,18,20,24H,15-17H2,1-5H3,(H2,31,36)(H,37,38)(H,32,33,34). The number of rotatable bonds is 9. The van der Waals surface area contributed by atoms with E-state index in [0.717, 1.165) is 40.9 Å². The number of primary amides is 1. The van der Waals surface area contributed by atoms with E-state index in [-0.39, 0.29) is 17.9 Å². The lowest BCUT2D eigenvalue weighted by Crippen LogP contribution is -2.46. The number of amides is 2. The summed E-state index contributed by atoms with van der Waals surface area (Å²) in [5.41, 5.74) is 9.33. The number of nitrogens with one attached hydrogen (secondary N) is 1. The summed E-state index contributed by atoms with van der Waals surface area (Å²) in [5.74, 6) is 0.0153. The maximum atomic E-state index is 12.5. The highest BCUT2D eigenvalue weighted by atomic mass is 16.4. The molecule has 4 N–H and O–H groups in total. The molecule has 8 heteroatoms. The molecule has 4 rings (SSSR count). The van der Waals surface area contributed by atoms with Crippen molar-refractivity contribution in [3.8, 4) is 0 Å². The van der Waals surface area contributed by atoms with Gasteiger partial charge in [-0.3, -0.25) is 9.69 Å². The van der Waals surface area contributed by atoms with Gasteiger partial charge in [-0.1, -0.05) is 42.5 Å². The molecule has 0 radical (unpaired) electrons. The summed E-state index contributed by atoms with van der Waals surface area (Å²) in [6.45, 7) is 9.50. The number of hydrogen-bond acceptors (Lipinski definition) is 5. The molecule has 1 aromatic heterocycles. The molecule has 2 unspecified atom stereocenters. The summed E-state index contributed by atoms with van der Waals surface area (Å²) in [6.07, 6.45) is 3.01. The summed E-state index contributed by atoms with van der Waals surface area (Å²) in [5, 5.41) is 13.0. The van der Waals surface area contributed by atoms with Gasteiger partial charge in [0.25, 0.3) is 0 Å². The lowest BCUT2D eigenvalue weighted by Gasteiger charge is -2.38. The molecule has 2 atom stereocenters. The number of anilines is 2. The smallest absolute Gasteiger partial charge is 0.408 e. The van der Waals surface area contributed by atoms with Gasteiger partial charge in [0.15, 0.2) is 0 Å². The highest BCUT2D eigenvalue weighted by molar-refractivity contribution is 5.85. The average molecular weight is 516 g/mol. The molecular weight excluding hydrogens is 478 g/mol. The minimum Gasteiger partial charge on any atom is -0.465 e. The van der Waals surface area contributed by atoms with Crippen LogP contribution in [0.5, 0.6) is 0 Å². The monoisotopic (exact) mass is 515 g/mol. The van der Waals surface area contributed by atoms with Crippen molar-refractivity contribution in [1.29, 1.82) is 0 Å². The lowest BCUT2D eigenvalue weighted by atomic mass is 9.79. The van der Waals surface area contributed by atoms with E-state index in [0.29, 0.717) is 12.4 Å². The zero-order valence-corrected chi connectivity index (χ0v) is 22.7. The van der Waals surface area contributed by atoms with Crippen molar-refractivity contribution in [3.63, 3.8) is 0 Å². The minimum absolute atomic E-state index is 0.145. The van der Waals surface area contributed by atoms with Crippen molar-refractivity contribution in [1.82, 2.24) is 14.9 Å². The Morgan fingerprint density at radius 1 is 1.11 bits per heavy atom. The summed E-state index contributed by atoms with van der Waals surface area (Å²) >= 11 is 0. The van der Waals surface area contributed by atoms with Crippen LogP contribution in [0.1, 0.15) is 74.9 Å². The highest BCUT2D eigenvalue weighted by Gasteiger charge is 2.55. The molecule has 1 fully saturated rings. The number of benzene rings is 2. The SMILES string of the molecule is Cc1cnc(Nc2ccc(C(C)N(C(=O)O)C(C)(C)C)cc2)nc1C(Cc1ccccc1)C1(C(N)=O)CC1. The zero-order valence-electron chi connectivity index (χ0n) is 22.7. The molecule has 2 aromatic carbocycles. The van der Waals surface area contributed by atoms with Crippen molar-refractivity contribution >= 4 is 23.6 Å². The molecule has 8 nitrogen and oxygen atoms in total. The summed E-state index contributed by atoms with van der Waals surface area (Å²) in [6, 6.07) is 17.4. The maximum absolute atomic E-state index is 12.5. The zero-order chi connectivity index (χ0) is 27.7. The van der Waals surface area contributed by atoms with Crippen LogP contribution >= 0.6 is 0 Å². The summed E-state index contributed by atoms with van der Waals surface area (Å²) < 4.78 is 0. The number of aromatic nitrogens is 2. The van der Waals surface area contributed by atoms with E-state index in [4.69, 9.17) is 10.7 Å². The van der Waals surface area contributed by atoms with E-state index < -0.39 is 17.0 Å². The number of aryl methyl sites for hydroxylation is 1. The predicted octanol–water partition coefficient (Wildman–Crippen LogP) is 5.96. The number of nitrogens with zero attached hydrogens (tertiary/aromatic N) is 3. The van der Waals surface area contributed by atoms with Gasteiger partial charge in [-0.2, -0.15) is 0 Å². The Hall–Kier alpha value is -3.94. The van der Waals surface area contributed by atoms with Crippen molar-refractivity contribution in [3.05, 3.63) is 83.2 Å². The van der Waals surface area contributed by atoms with Crippen LogP contribution < -0.4 is 11.1 Å². The van der Waals surface area contributed by atoms with Gasteiger partial charge in [-0.05, 0) is 82.7 Å². The van der Waals surface area contributed by atoms with Crippen molar-refractivity contribution in [2.24, 2.45) is 11.1 Å². The van der Waals surface area contributed by atoms with Crippen molar-refractivity contribution < 1.29 is 14.7 Å². The fourth-order valence-electron chi connectivity index (χ4n) is 5.33. The van der Waals surface area contributed by atoms with E-state index >= 15 is 0 Å². The van der Waals surface area contributed by atoms with E-state index in [1.54, 1.807) is 6.20 Å². The third-order valence-electron chi connectivity index (χ3n) is 7.54. The van der Waals surface area contributed by atoms with Gasteiger partial charge >= 0.3 is 6.09 Å². The fraction of sp³-hybridized carbons (Fsp3) is 0.400. The molecule has 0 spiro atoms. The number of carbonyl (C=O) groups is 2. The van der Waals surface area contributed by atoms with Crippen LogP contribution in [-0.4, -0.2) is 37.5 Å². The largest absolute Gasteiger partial charge is 0.465 e. The third-order valence-corrected chi connectivity index (χ3v) is 7.54. The summed E-state index contributed by atoms with van der Waals surface area (Å²) in [4.78, 5) is 35.2. The Morgan fingerprint density at radius 2 is 1.74 bits per heavy atom. The normalized spacial score (nSPS) is 15.8. The molecule has 1 saturated carbocycles. The molecule has 200 valence electrons. The van der Waals surface area contributed by atoms with E-state index in [1.165, 1.54) is 4.90 Å². The van der Waals surface area contributed by atoms with E-state index in [9.17, 15) is 14.7 Å². The maximum Gasteiger partial charge on any atom is 0.408 e. The molecule has 3 aromatic rings. The first-order valence-corrected chi connectivity index (χ1v) is 13.0. The number of nitrogens with two attached hydrogens (primary N) is 1. The van der Waals surface area contributed by atoms with Crippen LogP contribution in [0.2, 0.25) is 0 Å². The Morgan fingerprint density at radius 3 is 2.26 bits per heavy atom. The minimum atomic E-state index is -0.956.